The highest BCUT2D eigenvalue weighted by molar-refractivity contribution is 5.97. The normalized spacial score (nSPS) is 25.6. The van der Waals surface area contributed by atoms with Gasteiger partial charge in [0.15, 0.2) is 0 Å². The molecular formula is C31H42N8O6. The van der Waals surface area contributed by atoms with E-state index in [2.05, 4.69) is 31.6 Å². The fraction of sp³-hybridized carbons (Fsp3) is 0.548. The van der Waals surface area contributed by atoms with E-state index in [9.17, 15) is 28.8 Å². The van der Waals surface area contributed by atoms with Crippen LogP contribution in [0.2, 0.25) is 0 Å². The summed E-state index contributed by atoms with van der Waals surface area (Å²) >= 11 is 0. The van der Waals surface area contributed by atoms with Crippen LogP contribution < -0.4 is 26.6 Å². The number of para-hydroxylation sites is 1. The number of rotatable bonds is 6. The Bertz CT molecular complexity index is 1440. The number of aromatic nitrogens is 1. The lowest BCUT2D eigenvalue weighted by molar-refractivity contribution is -0.141. The zero-order valence-corrected chi connectivity index (χ0v) is 25.5. The Balaban J connectivity index is 1.40. The summed E-state index contributed by atoms with van der Waals surface area (Å²) in [7, 11) is 1.79. The van der Waals surface area contributed by atoms with E-state index in [0.717, 1.165) is 16.5 Å². The molecule has 5 rings (SSSR count). The molecule has 3 fully saturated rings. The molecule has 0 saturated carbocycles. The molecule has 3 aliphatic rings. The molecule has 14 nitrogen and oxygen atoms in total. The third-order valence-corrected chi connectivity index (χ3v) is 8.86. The zero-order valence-electron chi connectivity index (χ0n) is 25.5. The number of benzene rings is 1. The summed E-state index contributed by atoms with van der Waals surface area (Å²) in [6, 6.07) is 4.06. The van der Waals surface area contributed by atoms with E-state index >= 15 is 0 Å². The minimum absolute atomic E-state index is 0.149. The average Bonchev–Trinajstić information content (AvgIpc) is 3.81. The predicted octanol–water partition coefficient (Wildman–Crippen LogP) is -1.09. The van der Waals surface area contributed by atoms with Crippen molar-refractivity contribution in [3.05, 3.63) is 36.0 Å². The van der Waals surface area contributed by atoms with Crippen molar-refractivity contribution in [2.75, 3.05) is 39.8 Å². The molecule has 4 heterocycles. The molecule has 1 aromatic carbocycles. The molecule has 6 N–H and O–H groups in total. The van der Waals surface area contributed by atoms with E-state index in [0.29, 0.717) is 58.2 Å². The molecule has 0 radical (unpaired) electrons. The monoisotopic (exact) mass is 622 g/mol. The van der Waals surface area contributed by atoms with Gasteiger partial charge in [0.25, 0.3) is 0 Å². The molecule has 6 amide bonds. The second kappa shape index (κ2) is 14.5. The minimum Gasteiger partial charge on any atom is -0.361 e. The Labute approximate surface area is 261 Å². The Morgan fingerprint density at radius 1 is 0.778 bits per heavy atom. The standard InChI is InChI=1S/C31H42N8O6/c1-32-12-4-9-22-28(42)34-17-26(40)39-14-6-11-25(39)31(45)37-23(15-19-16-33-21-8-3-2-7-20(19)21)29(43)35-18-27(41)38-13-5-10-24(38)30(44)36-22/h2-3,7-8,16,22-25,32-33H,4-6,9-15,17-18H2,1H3,(H,34,42)(H,35,43)(H,36,44)(H,37,45)/t22-,23-,24+,25?/m0/s1. The van der Waals surface area contributed by atoms with Crippen molar-refractivity contribution in [3.63, 3.8) is 0 Å². The molecule has 14 heteroatoms. The first-order valence-electron chi connectivity index (χ1n) is 15.7. The summed E-state index contributed by atoms with van der Waals surface area (Å²) in [6.45, 7) is 0.598. The molecule has 0 bridgehead atoms. The van der Waals surface area contributed by atoms with Crippen LogP contribution >= 0.6 is 0 Å². The molecular weight excluding hydrogens is 580 g/mol. The van der Waals surface area contributed by atoms with Gasteiger partial charge in [-0.3, -0.25) is 28.8 Å². The van der Waals surface area contributed by atoms with Gasteiger partial charge in [-0.25, -0.2) is 0 Å². The molecule has 0 aliphatic carbocycles. The number of aromatic amines is 1. The summed E-state index contributed by atoms with van der Waals surface area (Å²) in [6.07, 6.45) is 4.87. The van der Waals surface area contributed by atoms with Gasteiger partial charge < -0.3 is 41.4 Å². The van der Waals surface area contributed by atoms with Crippen molar-refractivity contribution in [1.29, 1.82) is 0 Å². The van der Waals surface area contributed by atoms with Crippen LogP contribution in [0.15, 0.2) is 30.5 Å². The first kappa shape index (κ1) is 31.9. The van der Waals surface area contributed by atoms with Crippen LogP contribution in [0.3, 0.4) is 0 Å². The Morgan fingerprint density at radius 2 is 1.36 bits per heavy atom. The van der Waals surface area contributed by atoms with Crippen LogP contribution in [0.5, 0.6) is 0 Å². The SMILES string of the molecule is CNCCC[C@@H]1NC(=O)[C@H]2CCCN2C(=O)CNC(=O)[C@H](Cc2c[nH]c3ccccc23)NC(=O)C2CCCN2C(=O)CNC1=O. The Morgan fingerprint density at radius 3 is 1.98 bits per heavy atom. The molecule has 3 saturated heterocycles. The summed E-state index contributed by atoms with van der Waals surface area (Å²) < 4.78 is 0. The average molecular weight is 623 g/mol. The number of carbonyl (C=O) groups excluding carboxylic acids is 6. The number of hydrogen-bond acceptors (Lipinski definition) is 7. The van der Waals surface area contributed by atoms with Crippen molar-refractivity contribution >= 4 is 46.3 Å². The van der Waals surface area contributed by atoms with E-state index in [-0.39, 0.29) is 19.5 Å². The molecule has 4 atom stereocenters. The van der Waals surface area contributed by atoms with E-state index in [1.165, 1.54) is 9.80 Å². The second-order valence-electron chi connectivity index (χ2n) is 11.9. The number of amides is 6. The summed E-state index contributed by atoms with van der Waals surface area (Å²) in [5.41, 5.74) is 1.69. The van der Waals surface area contributed by atoms with Crippen LogP contribution in [-0.4, -0.2) is 114 Å². The maximum atomic E-state index is 13.6. The van der Waals surface area contributed by atoms with Crippen LogP contribution in [0.1, 0.15) is 44.1 Å². The minimum atomic E-state index is -1.03. The number of hydrogen-bond donors (Lipinski definition) is 6. The van der Waals surface area contributed by atoms with Gasteiger partial charge in [-0.2, -0.15) is 0 Å². The summed E-state index contributed by atoms with van der Waals surface area (Å²) in [5, 5.41) is 14.9. The topological polar surface area (TPSA) is 185 Å². The quantitative estimate of drug-likeness (QED) is 0.221. The molecule has 242 valence electrons. The highest BCUT2D eigenvalue weighted by Crippen LogP contribution is 2.22. The number of fused-ring (bicyclic) bond motifs is 3. The van der Waals surface area contributed by atoms with Gasteiger partial charge in [0.05, 0.1) is 13.1 Å². The predicted molar refractivity (Wildman–Crippen MR) is 165 cm³/mol. The van der Waals surface area contributed by atoms with Crippen molar-refractivity contribution in [3.8, 4) is 0 Å². The van der Waals surface area contributed by atoms with Gasteiger partial charge in [0.1, 0.15) is 24.2 Å². The van der Waals surface area contributed by atoms with Gasteiger partial charge >= 0.3 is 0 Å². The maximum Gasteiger partial charge on any atom is 0.243 e. The number of nitrogens with one attached hydrogen (secondary N) is 6. The van der Waals surface area contributed by atoms with Crippen molar-refractivity contribution in [1.82, 2.24) is 41.4 Å². The number of H-pyrrole nitrogens is 1. The molecule has 1 unspecified atom stereocenters. The second-order valence-corrected chi connectivity index (χ2v) is 11.9. The lowest BCUT2D eigenvalue weighted by Crippen LogP contribution is -2.58. The summed E-state index contributed by atoms with van der Waals surface area (Å²) in [5.74, 6) is -2.83. The Kier molecular flexibility index (Phi) is 10.3. The molecule has 1 aromatic heterocycles. The van der Waals surface area contributed by atoms with Gasteiger partial charge in [-0.15, -0.1) is 0 Å². The van der Waals surface area contributed by atoms with Gasteiger partial charge in [0, 0.05) is 36.6 Å². The zero-order chi connectivity index (χ0) is 31.9. The first-order chi connectivity index (χ1) is 21.8. The van der Waals surface area contributed by atoms with Gasteiger partial charge in [0.2, 0.25) is 35.4 Å². The fourth-order valence-corrected chi connectivity index (χ4v) is 6.47. The lowest BCUT2D eigenvalue weighted by atomic mass is 10.0. The van der Waals surface area contributed by atoms with Crippen LogP contribution in [0.4, 0.5) is 0 Å². The highest BCUT2D eigenvalue weighted by atomic mass is 16.2. The third-order valence-electron chi connectivity index (χ3n) is 8.86. The molecule has 0 spiro atoms. The largest absolute Gasteiger partial charge is 0.361 e. The molecule has 2 aromatic rings. The van der Waals surface area contributed by atoms with Crippen LogP contribution in [0.25, 0.3) is 10.9 Å². The first-order valence-corrected chi connectivity index (χ1v) is 15.7. The highest BCUT2D eigenvalue weighted by Gasteiger charge is 2.38. The van der Waals surface area contributed by atoms with E-state index < -0.39 is 59.6 Å². The smallest absolute Gasteiger partial charge is 0.243 e. The Hall–Kier alpha value is -4.46. The van der Waals surface area contributed by atoms with E-state index in [1.54, 1.807) is 13.2 Å². The van der Waals surface area contributed by atoms with Crippen molar-refractivity contribution in [2.24, 2.45) is 0 Å². The van der Waals surface area contributed by atoms with Crippen molar-refractivity contribution in [2.45, 2.75) is 69.1 Å². The third kappa shape index (κ3) is 7.44. The van der Waals surface area contributed by atoms with E-state index in [1.807, 2.05) is 24.3 Å². The van der Waals surface area contributed by atoms with E-state index in [4.69, 9.17) is 0 Å². The molecule has 3 aliphatic heterocycles. The number of nitrogens with zero attached hydrogens (tertiary/aromatic N) is 2. The van der Waals surface area contributed by atoms with Crippen LogP contribution in [-0.2, 0) is 35.2 Å². The van der Waals surface area contributed by atoms with Gasteiger partial charge in [-0.1, -0.05) is 18.2 Å². The summed E-state index contributed by atoms with van der Waals surface area (Å²) in [4.78, 5) is 86.3. The lowest BCUT2D eigenvalue weighted by Gasteiger charge is -2.29. The number of carbonyl (C=O) groups is 6. The van der Waals surface area contributed by atoms with Gasteiger partial charge in [-0.05, 0) is 63.7 Å². The molecule has 45 heavy (non-hydrogen) atoms. The van der Waals surface area contributed by atoms with Crippen molar-refractivity contribution < 1.29 is 28.8 Å². The van der Waals surface area contributed by atoms with Crippen LogP contribution in [0, 0.1) is 0 Å². The maximum absolute atomic E-state index is 13.6. The fourth-order valence-electron chi connectivity index (χ4n) is 6.47.